The van der Waals surface area contributed by atoms with Gasteiger partial charge in [0.15, 0.2) is 0 Å². The molecule has 0 spiro atoms. The molecule has 4 nitrogen and oxygen atoms in total. The molecule has 31 heavy (non-hydrogen) atoms. The third-order valence-corrected chi connectivity index (χ3v) is 6.16. The van der Waals surface area contributed by atoms with E-state index in [1.807, 2.05) is 67.6 Å². The van der Waals surface area contributed by atoms with Crippen LogP contribution >= 0.6 is 11.8 Å². The minimum atomic E-state index is -0.249. The number of anilines is 1. The molecule has 2 unspecified atom stereocenters. The molecule has 0 aliphatic rings. The summed E-state index contributed by atoms with van der Waals surface area (Å²) < 4.78 is 0. The molecule has 0 aliphatic carbocycles. The fourth-order valence-corrected chi connectivity index (χ4v) is 4.47. The smallest absolute Gasteiger partial charge is 0.233 e. The second-order valence-electron chi connectivity index (χ2n) is 7.56. The van der Waals surface area contributed by atoms with Crippen molar-refractivity contribution in [2.24, 2.45) is 0 Å². The van der Waals surface area contributed by atoms with E-state index in [2.05, 4.69) is 41.8 Å². The summed E-state index contributed by atoms with van der Waals surface area (Å²) in [7, 11) is 0. The summed E-state index contributed by atoms with van der Waals surface area (Å²) in [6.07, 6.45) is 0. The van der Waals surface area contributed by atoms with Crippen molar-refractivity contribution in [3.8, 4) is 0 Å². The Bertz CT molecular complexity index is 951. The van der Waals surface area contributed by atoms with Crippen LogP contribution in [0.3, 0.4) is 0 Å². The lowest BCUT2D eigenvalue weighted by atomic mass is 9.86. The lowest BCUT2D eigenvalue weighted by Gasteiger charge is -2.27. The van der Waals surface area contributed by atoms with Crippen molar-refractivity contribution in [3.63, 3.8) is 0 Å². The van der Waals surface area contributed by atoms with Gasteiger partial charge in [0.2, 0.25) is 11.8 Å². The van der Waals surface area contributed by atoms with E-state index >= 15 is 0 Å². The van der Waals surface area contributed by atoms with Gasteiger partial charge in [-0.25, -0.2) is 0 Å². The molecule has 3 aromatic rings. The van der Waals surface area contributed by atoms with Gasteiger partial charge in [-0.15, -0.1) is 11.8 Å². The highest BCUT2D eigenvalue weighted by Gasteiger charge is 2.25. The van der Waals surface area contributed by atoms with Gasteiger partial charge in [-0.2, -0.15) is 0 Å². The number of hydrogen-bond donors (Lipinski definition) is 2. The highest BCUT2D eigenvalue weighted by Crippen LogP contribution is 2.29. The minimum absolute atomic E-state index is 0.000278. The molecule has 5 heteroatoms. The topological polar surface area (TPSA) is 58.2 Å². The number of rotatable bonds is 8. The molecule has 0 heterocycles. The predicted octanol–water partition coefficient (Wildman–Crippen LogP) is 5.46. The number of nitrogens with one attached hydrogen (secondary N) is 2. The highest BCUT2D eigenvalue weighted by atomic mass is 32.2. The molecule has 2 amide bonds. The largest absolute Gasteiger partial charge is 0.352 e. The zero-order valence-corrected chi connectivity index (χ0v) is 18.9. The van der Waals surface area contributed by atoms with Crippen LogP contribution in [0.1, 0.15) is 37.8 Å². The summed E-state index contributed by atoms with van der Waals surface area (Å²) in [6, 6.07) is 28.0. The van der Waals surface area contributed by atoms with E-state index in [0.29, 0.717) is 0 Å². The zero-order chi connectivity index (χ0) is 22.2. The number of carbonyl (C=O) groups excluding carboxylic acids is 2. The van der Waals surface area contributed by atoms with Gasteiger partial charge in [-0.05, 0) is 49.2 Å². The third kappa shape index (κ3) is 6.46. The Labute approximate surface area is 188 Å². The molecule has 3 aromatic carbocycles. The number of amides is 2. The van der Waals surface area contributed by atoms with Crippen molar-refractivity contribution in [1.82, 2.24) is 5.32 Å². The molecule has 0 radical (unpaired) electrons. The van der Waals surface area contributed by atoms with Crippen molar-refractivity contribution >= 4 is 29.3 Å². The summed E-state index contributed by atoms with van der Waals surface area (Å²) in [6.45, 7) is 5.45. The van der Waals surface area contributed by atoms with Gasteiger partial charge in [0.1, 0.15) is 0 Å². The van der Waals surface area contributed by atoms with Crippen LogP contribution in [0.2, 0.25) is 0 Å². The molecular weight excluding hydrogens is 404 g/mol. The molecule has 0 saturated heterocycles. The Balaban J connectivity index is 1.68. The van der Waals surface area contributed by atoms with Crippen LogP contribution in [0.15, 0.2) is 89.8 Å². The molecule has 0 fully saturated rings. The maximum Gasteiger partial charge on any atom is 0.233 e. The molecular formula is C26H28N2O2S. The van der Waals surface area contributed by atoms with Crippen LogP contribution in [0.25, 0.3) is 0 Å². The van der Waals surface area contributed by atoms with Gasteiger partial charge in [-0.3, -0.25) is 9.59 Å². The van der Waals surface area contributed by atoms with Crippen molar-refractivity contribution in [3.05, 3.63) is 96.1 Å². The van der Waals surface area contributed by atoms with E-state index in [1.165, 1.54) is 29.8 Å². The van der Waals surface area contributed by atoms with Crippen LogP contribution in [-0.2, 0) is 9.59 Å². The number of thioether (sulfide) groups is 1. The fourth-order valence-electron chi connectivity index (χ4n) is 3.59. The molecule has 0 saturated carbocycles. The summed E-state index contributed by atoms with van der Waals surface area (Å²) in [5, 5.41) is 5.72. The van der Waals surface area contributed by atoms with Crippen molar-refractivity contribution < 1.29 is 9.59 Å². The first-order valence-electron chi connectivity index (χ1n) is 10.4. The molecule has 160 valence electrons. The van der Waals surface area contributed by atoms with Gasteiger partial charge in [0, 0.05) is 29.5 Å². The fraction of sp³-hybridized carbons (Fsp3) is 0.231. The highest BCUT2D eigenvalue weighted by molar-refractivity contribution is 8.00. The molecule has 0 aromatic heterocycles. The van der Waals surface area contributed by atoms with Gasteiger partial charge in [0.25, 0.3) is 0 Å². The molecule has 2 N–H and O–H groups in total. The minimum Gasteiger partial charge on any atom is -0.352 e. The Hall–Kier alpha value is -3.05. The average molecular weight is 433 g/mol. The monoisotopic (exact) mass is 432 g/mol. The molecule has 2 atom stereocenters. The number of carbonyl (C=O) groups is 2. The third-order valence-electron chi connectivity index (χ3n) is 5.04. The average Bonchev–Trinajstić information content (AvgIpc) is 2.76. The normalized spacial score (nSPS) is 12.8. The first-order valence-corrected chi connectivity index (χ1v) is 11.3. The summed E-state index contributed by atoms with van der Waals surface area (Å²) in [5.74, 6) is -0.0330. The van der Waals surface area contributed by atoms with Gasteiger partial charge >= 0.3 is 0 Å². The van der Waals surface area contributed by atoms with Crippen LogP contribution in [0, 0.1) is 0 Å². The van der Waals surface area contributed by atoms with Crippen molar-refractivity contribution in [2.75, 3.05) is 5.32 Å². The van der Waals surface area contributed by atoms with E-state index in [-0.39, 0.29) is 29.0 Å². The van der Waals surface area contributed by atoms with E-state index in [1.54, 1.807) is 0 Å². The Kier molecular flexibility index (Phi) is 7.90. The zero-order valence-electron chi connectivity index (χ0n) is 18.0. The second kappa shape index (κ2) is 10.8. The van der Waals surface area contributed by atoms with E-state index in [4.69, 9.17) is 0 Å². The lowest BCUT2D eigenvalue weighted by molar-refractivity contribution is -0.121. The standard InChI is InChI=1S/C26H28N2O2S/c1-18(25(21-10-6-4-7-11-21)22-12-8-5-9-13-22)27-26(30)19(2)31-24-16-14-23(15-17-24)28-20(3)29/h4-19,25H,1-3H3,(H,27,30)(H,28,29). The quantitative estimate of drug-likeness (QED) is 0.465. The maximum absolute atomic E-state index is 12.9. The van der Waals surface area contributed by atoms with Crippen LogP contribution < -0.4 is 10.6 Å². The Morgan fingerprint density at radius 2 is 1.29 bits per heavy atom. The summed E-state index contributed by atoms with van der Waals surface area (Å²) >= 11 is 1.50. The predicted molar refractivity (Wildman–Crippen MR) is 128 cm³/mol. The van der Waals surface area contributed by atoms with Gasteiger partial charge in [-0.1, -0.05) is 60.7 Å². The summed E-state index contributed by atoms with van der Waals surface area (Å²) in [4.78, 5) is 25.1. The van der Waals surface area contributed by atoms with Crippen molar-refractivity contribution in [2.45, 2.75) is 42.9 Å². The van der Waals surface area contributed by atoms with Crippen molar-refractivity contribution in [1.29, 1.82) is 0 Å². The Morgan fingerprint density at radius 3 is 1.77 bits per heavy atom. The van der Waals surface area contributed by atoms with Crippen LogP contribution in [-0.4, -0.2) is 23.1 Å². The van der Waals surface area contributed by atoms with E-state index in [0.717, 1.165) is 10.6 Å². The van der Waals surface area contributed by atoms with E-state index in [9.17, 15) is 9.59 Å². The molecule has 0 aliphatic heterocycles. The second-order valence-corrected chi connectivity index (χ2v) is 8.98. The molecule has 3 rings (SSSR count). The SMILES string of the molecule is CC(=O)Nc1ccc(SC(C)C(=O)NC(C)C(c2ccccc2)c2ccccc2)cc1. The van der Waals surface area contributed by atoms with Crippen LogP contribution in [0.4, 0.5) is 5.69 Å². The first-order chi connectivity index (χ1) is 14.9. The van der Waals surface area contributed by atoms with E-state index < -0.39 is 0 Å². The van der Waals surface area contributed by atoms with Gasteiger partial charge < -0.3 is 10.6 Å². The number of benzene rings is 3. The number of hydrogen-bond acceptors (Lipinski definition) is 3. The molecule has 0 bridgehead atoms. The summed E-state index contributed by atoms with van der Waals surface area (Å²) in [5.41, 5.74) is 3.10. The lowest BCUT2D eigenvalue weighted by Crippen LogP contribution is -2.41. The Morgan fingerprint density at radius 1 is 0.774 bits per heavy atom. The maximum atomic E-state index is 12.9. The first kappa shape index (κ1) is 22.6. The van der Waals surface area contributed by atoms with Crippen LogP contribution in [0.5, 0.6) is 0 Å². The van der Waals surface area contributed by atoms with Gasteiger partial charge in [0.05, 0.1) is 5.25 Å².